The van der Waals surface area contributed by atoms with Gasteiger partial charge in [0.2, 0.25) is 0 Å². The van der Waals surface area contributed by atoms with Crippen molar-refractivity contribution < 1.29 is 22.6 Å². The normalized spacial score (nSPS) is 15.7. The zero-order valence-corrected chi connectivity index (χ0v) is 18.2. The molecule has 1 heterocycles. The monoisotopic (exact) mass is 456 g/mol. The first-order valence-corrected chi connectivity index (χ1v) is 11.1. The van der Waals surface area contributed by atoms with E-state index in [2.05, 4.69) is 10.2 Å². The van der Waals surface area contributed by atoms with Gasteiger partial charge in [-0.1, -0.05) is 42.5 Å². The minimum Gasteiger partial charge on any atom is -0.453 e. The van der Waals surface area contributed by atoms with Gasteiger partial charge in [0.25, 0.3) is 0 Å². The van der Waals surface area contributed by atoms with Crippen molar-refractivity contribution in [1.29, 1.82) is 0 Å². The number of para-hydroxylation sites is 2. The van der Waals surface area contributed by atoms with Crippen LogP contribution in [0.15, 0.2) is 78.9 Å². The van der Waals surface area contributed by atoms with Crippen LogP contribution in [0.2, 0.25) is 0 Å². The topological polar surface area (TPSA) is 33.7 Å². The van der Waals surface area contributed by atoms with Gasteiger partial charge in [-0.25, -0.2) is 0 Å². The predicted molar refractivity (Wildman–Crippen MR) is 122 cm³/mol. The van der Waals surface area contributed by atoms with Crippen LogP contribution >= 0.6 is 0 Å². The summed E-state index contributed by atoms with van der Waals surface area (Å²) < 4.78 is 51.5. The fraction of sp³-hybridized carbons (Fsp3) is 0.308. The lowest BCUT2D eigenvalue weighted by Gasteiger charge is -2.35. The molecule has 0 saturated carbocycles. The maximum Gasteiger partial charge on any atom is 0.389 e. The van der Waals surface area contributed by atoms with Crippen LogP contribution in [0.3, 0.4) is 0 Å². The van der Waals surface area contributed by atoms with Crippen molar-refractivity contribution in [2.24, 2.45) is 0 Å². The molecule has 0 aromatic heterocycles. The molecule has 0 amide bonds. The van der Waals surface area contributed by atoms with E-state index in [1.807, 2.05) is 72.8 Å². The standard InChI is InChI=1S/C26H27F3N2O2/c27-26(28,29)14-13-23(31-17-15-30-16-18-31)20-11-12-24(32-21-7-3-1-4-8-21)25(19-20)33-22-9-5-2-6-10-22/h1-12,19,23,30H,13-18H2/t23-/m0/s1. The molecule has 1 aliphatic heterocycles. The van der Waals surface area contributed by atoms with Crippen molar-refractivity contribution in [3.05, 3.63) is 84.4 Å². The summed E-state index contributed by atoms with van der Waals surface area (Å²) in [5.41, 5.74) is 0.785. The number of hydrogen-bond donors (Lipinski definition) is 1. The molecule has 1 aliphatic rings. The molecule has 7 heteroatoms. The Hall–Kier alpha value is -3.03. The number of hydrogen-bond acceptors (Lipinski definition) is 4. The number of benzene rings is 3. The molecule has 3 aromatic carbocycles. The second-order valence-electron chi connectivity index (χ2n) is 7.99. The number of nitrogens with zero attached hydrogens (tertiary/aromatic N) is 1. The molecule has 1 atom stereocenters. The third kappa shape index (κ3) is 6.73. The Morgan fingerprint density at radius 3 is 1.94 bits per heavy atom. The fourth-order valence-corrected chi connectivity index (χ4v) is 3.98. The van der Waals surface area contributed by atoms with Gasteiger partial charge in [0.05, 0.1) is 0 Å². The first-order valence-electron chi connectivity index (χ1n) is 11.1. The Bertz CT molecular complexity index is 1010. The van der Waals surface area contributed by atoms with Gasteiger partial charge in [-0.3, -0.25) is 4.90 Å². The van der Waals surface area contributed by atoms with Crippen LogP contribution in [0.1, 0.15) is 24.4 Å². The van der Waals surface area contributed by atoms with E-state index in [9.17, 15) is 13.2 Å². The largest absolute Gasteiger partial charge is 0.453 e. The summed E-state index contributed by atoms with van der Waals surface area (Å²) in [4.78, 5) is 2.11. The number of piperazine rings is 1. The lowest BCUT2D eigenvalue weighted by Crippen LogP contribution is -2.45. The smallest absolute Gasteiger partial charge is 0.389 e. The van der Waals surface area contributed by atoms with Gasteiger partial charge in [0, 0.05) is 38.6 Å². The van der Waals surface area contributed by atoms with Crippen molar-refractivity contribution in [2.75, 3.05) is 26.2 Å². The van der Waals surface area contributed by atoms with E-state index in [0.717, 1.165) is 18.7 Å². The van der Waals surface area contributed by atoms with Crippen LogP contribution in [0.5, 0.6) is 23.0 Å². The molecule has 3 aromatic rings. The third-order valence-corrected chi connectivity index (χ3v) is 5.59. The molecule has 1 N–H and O–H groups in total. The van der Waals surface area contributed by atoms with Gasteiger partial charge in [0.1, 0.15) is 11.5 Å². The van der Waals surface area contributed by atoms with E-state index >= 15 is 0 Å². The van der Waals surface area contributed by atoms with Crippen molar-refractivity contribution in [3.63, 3.8) is 0 Å². The fourth-order valence-electron chi connectivity index (χ4n) is 3.98. The molecule has 0 aliphatic carbocycles. The van der Waals surface area contributed by atoms with Gasteiger partial charge in [-0.2, -0.15) is 13.2 Å². The second kappa shape index (κ2) is 10.7. The summed E-state index contributed by atoms with van der Waals surface area (Å²) in [6.07, 6.45) is -5.04. The average Bonchev–Trinajstić information content (AvgIpc) is 2.82. The molecule has 0 unspecified atom stereocenters. The van der Waals surface area contributed by atoms with Crippen LogP contribution in [0.25, 0.3) is 0 Å². The zero-order chi connectivity index (χ0) is 23.1. The van der Waals surface area contributed by atoms with E-state index in [1.54, 1.807) is 6.07 Å². The molecule has 4 rings (SSSR count). The van der Waals surface area contributed by atoms with Gasteiger partial charge >= 0.3 is 6.18 Å². The van der Waals surface area contributed by atoms with Crippen LogP contribution in [0, 0.1) is 0 Å². The highest BCUT2D eigenvalue weighted by Crippen LogP contribution is 2.39. The first kappa shape index (κ1) is 23.1. The summed E-state index contributed by atoms with van der Waals surface area (Å²) in [7, 11) is 0. The van der Waals surface area contributed by atoms with E-state index in [0.29, 0.717) is 36.1 Å². The van der Waals surface area contributed by atoms with Gasteiger partial charge in [-0.05, 0) is 48.4 Å². The molecular weight excluding hydrogens is 429 g/mol. The molecule has 33 heavy (non-hydrogen) atoms. The quantitative estimate of drug-likeness (QED) is 0.416. The van der Waals surface area contributed by atoms with Gasteiger partial charge in [-0.15, -0.1) is 0 Å². The van der Waals surface area contributed by atoms with Gasteiger partial charge in [0.15, 0.2) is 11.5 Å². The van der Waals surface area contributed by atoms with Crippen LogP contribution in [-0.2, 0) is 0 Å². The van der Waals surface area contributed by atoms with E-state index in [1.165, 1.54) is 0 Å². The van der Waals surface area contributed by atoms with Crippen LogP contribution < -0.4 is 14.8 Å². The number of ether oxygens (including phenoxy) is 2. The van der Waals surface area contributed by atoms with Crippen molar-refractivity contribution in [1.82, 2.24) is 10.2 Å². The minimum atomic E-state index is -4.20. The summed E-state index contributed by atoms with van der Waals surface area (Å²) in [6, 6.07) is 23.7. The molecule has 1 fully saturated rings. The van der Waals surface area contributed by atoms with Crippen molar-refractivity contribution >= 4 is 0 Å². The zero-order valence-electron chi connectivity index (χ0n) is 18.2. The van der Waals surface area contributed by atoms with Gasteiger partial charge < -0.3 is 14.8 Å². The number of nitrogens with one attached hydrogen (secondary N) is 1. The van der Waals surface area contributed by atoms with E-state index in [-0.39, 0.29) is 12.5 Å². The predicted octanol–water partition coefficient (Wildman–Crippen LogP) is 6.56. The lowest BCUT2D eigenvalue weighted by molar-refractivity contribution is -0.138. The highest BCUT2D eigenvalue weighted by atomic mass is 19.4. The second-order valence-corrected chi connectivity index (χ2v) is 7.99. The molecule has 0 bridgehead atoms. The Morgan fingerprint density at radius 1 is 0.788 bits per heavy atom. The Labute approximate surface area is 191 Å². The number of rotatable bonds is 8. The summed E-state index contributed by atoms with van der Waals surface area (Å²) in [6.45, 7) is 2.90. The molecular formula is C26H27F3N2O2. The summed E-state index contributed by atoms with van der Waals surface area (Å²) >= 11 is 0. The third-order valence-electron chi connectivity index (χ3n) is 5.59. The van der Waals surface area contributed by atoms with Crippen LogP contribution in [0.4, 0.5) is 13.2 Å². The molecule has 0 radical (unpaired) electrons. The Kier molecular flexibility index (Phi) is 7.52. The Balaban J connectivity index is 1.67. The number of alkyl halides is 3. The summed E-state index contributed by atoms with van der Waals surface area (Å²) in [5, 5.41) is 3.27. The minimum absolute atomic E-state index is 0.00678. The van der Waals surface area contributed by atoms with Crippen molar-refractivity contribution in [3.8, 4) is 23.0 Å². The molecule has 0 spiro atoms. The lowest BCUT2D eigenvalue weighted by atomic mass is 9.98. The number of halogens is 3. The maximum atomic E-state index is 13.1. The highest BCUT2D eigenvalue weighted by molar-refractivity contribution is 5.48. The molecule has 1 saturated heterocycles. The summed E-state index contributed by atoms with van der Waals surface area (Å²) in [5.74, 6) is 2.25. The Morgan fingerprint density at radius 2 is 1.36 bits per heavy atom. The molecule has 174 valence electrons. The first-order chi connectivity index (χ1) is 16.0. The SMILES string of the molecule is FC(F)(F)CC[C@@H](c1ccc(Oc2ccccc2)c(Oc2ccccc2)c1)N1CCNCC1. The maximum absolute atomic E-state index is 13.1. The van der Waals surface area contributed by atoms with E-state index < -0.39 is 12.6 Å². The van der Waals surface area contributed by atoms with Crippen LogP contribution in [-0.4, -0.2) is 37.3 Å². The van der Waals surface area contributed by atoms with Crippen molar-refractivity contribution in [2.45, 2.75) is 25.1 Å². The highest BCUT2D eigenvalue weighted by Gasteiger charge is 2.31. The van der Waals surface area contributed by atoms with E-state index in [4.69, 9.17) is 9.47 Å². The average molecular weight is 457 g/mol. The molecule has 4 nitrogen and oxygen atoms in total.